The number of hydrogen-bond donors (Lipinski definition) is 2. The van der Waals surface area contributed by atoms with Crippen molar-refractivity contribution in [3.05, 3.63) is 88.5 Å². The first-order valence-corrected chi connectivity index (χ1v) is 10.1. The minimum atomic E-state index is -1.94. The Bertz CT molecular complexity index is 1190. The highest BCUT2D eigenvalue weighted by molar-refractivity contribution is 6.21. The molecule has 0 bridgehead atoms. The van der Waals surface area contributed by atoms with Gasteiger partial charge >= 0.3 is 11.9 Å². The Kier molecular flexibility index (Phi) is 5.89. The molecule has 0 saturated heterocycles. The minimum Gasteiger partial charge on any atom is -0.466 e. The smallest absolute Gasteiger partial charge is 0.341 e. The molecule has 2 heterocycles. The van der Waals surface area contributed by atoms with Gasteiger partial charge in [-0.15, -0.1) is 0 Å². The van der Waals surface area contributed by atoms with Crippen molar-refractivity contribution in [2.45, 2.75) is 12.0 Å². The molecule has 0 aliphatic carbocycles. The summed E-state index contributed by atoms with van der Waals surface area (Å²) >= 11 is 0. The van der Waals surface area contributed by atoms with Gasteiger partial charge in [0.15, 0.2) is 0 Å². The van der Waals surface area contributed by atoms with Gasteiger partial charge in [-0.2, -0.15) is 0 Å². The first-order chi connectivity index (χ1) is 15.9. The van der Waals surface area contributed by atoms with E-state index in [1.54, 1.807) is 48.5 Å². The van der Waals surface area contributed by atoms with E-state index in [0.29, 0.717) is 11.3 Å². The van der Waals surface area contributed by atoms with Gasteiger partial charge in [0, 0.05) is 18.4 Å². The van der Waals surface area contributed by atoms with Crippen LogP contribution in [-0.4, -0.2) is 38.7 Å². The van der Waals surface area contributed by atoms with E-state index in [0.717, 1.165) is 5.56 Å². The number of benzene rings is 2. The summed E-state index contributed by atoms with van der Waals surface area (Å²) < 4.78 is 21.3. The van der Waals surface area contributed by atoms with Gasteiger partial charge in [0.25, 0.3) is 0 Å². The fourth-order valence-corrected chi connectivity index (χ4v) is 4.16. The molecular weight excluding hydrogens is 428 g/mol. The van der Waals surface area contributed by atoms with Gasteiger partial charge in [-0.1, -0.05) is 48.5 Å². The highest BCUT2D eigenvalue weighted by Gasteiger charge is 2.62. The maximum absolute atomic E-state index is 13.6. The summed E-state index contributed by atoms with van der Waals surface area (Å²) in [6.07, 6.45) is 0. The topological polar surface area (TPSA) is 126 Å². The van der Waals surface area contributed by atoms with E-state index in [9.17, 15) is 14.4 Å². The predicted octanol–water partition coefficient (Wildman–Crippen LogP) is 1.89. The van der Waals surface area contributed by atoms with Crippen molar-refractivity contribution in [2.75, 3.05) is 26.1 Å². The fourth-order valence-electron chi connectivity index (χ4n) is 4.16. The molecule has 33 heavy (non-hydrogen) atoms. The van der Waals surface area contributed by atoms with Crippen LogP contribution in [0.3, 0.4) is 0 Å². The van der Waals surface area contributed by atoms with E-state index in [2.05, 4.69) is 5.32 Å². The van der Waals surface area contributed by atoms with Crippen LogP contribution in [-0.2, 0) is 45.4 Å². The monoisotopic (exact) mass is 450 g/mol. The highest BCUT2D eigenvalue weighted by Crippen LogP contribution is 2.52. The van der Waals surface area contributed by atoms with Crippen LogP contribution in [0.2, 0.25) is 0 Å². The second-order valence-corrected chi connectivity index (χ2v) is 7.38. The molecule has 3 N–H and O–H groups in total. The van der Waals surface area contributed by atoms with Crippen molar-refractivity contribution < 1.29 is 33.3 Å². The Balaban J connectivity index is 1.90. The maximum Gasteiger partial charge on any atom is 0.341 e. The first kappa shape index (κ1) is 22.1. The molecule has 9 heteroatoms. The molecule has 0 aromatic heterocycles. The molecule has 2 aliphatic rings. The number of carbonyl (C=O) groups excluding carboxylic acids is 3. The maximum atomic E-state index is 13.6. The van der Waals surface area contributed by atoms with E-state index >= 15 is 0 Å². The molecule has 2 aliphatic heterocycles. The summed E-state index contributed by atoms with van der Waals surface area (Å²) in [4.78, 5) is 40.0. The van der Waals surface area contributed by atoms with Crippen LogP contribution in [0.1, 0.15) is 11.1 Å². The second kappa shape index (κ2) is 8.79. The number of para-hydroxylation sites is 1. The molecule has 4 rings (SSSR count). The van der Waals surface area contributed by atoms with Gasteiger partial charge < -0.3 is 30.0 Å². The third kappa shape index (κ3) is 3.52. The number of methoxy groups -OCH3 is 2. The first-order valence-electron chi connectivity index (χ1n) is 10.1. The van der Waals surface area contributed by atoms with Crippen LogP contribution in [0, 0.1) is 0 Å². The molecule has 0 unspecified atom stereocenters. The van der Waals surface area contributed by atoms with Crippen molar-refractivity contribution in [3.8, 4) is 0 Å². The molecule has 0 saturated carbocycles. The lowest BCUT2D eigenvalue weighted by Crippen LogP contribution is -2.49. The summed E-state index contributed by atoms with van der Waals surface area (Å²) in [5.74, 6) is -2.82. The molecule has 1 spiro atoms. The average Bonchev–Trinajstić information content (AvgIpc) is 3.10. The fraction of sp³-hybridized carbons (Fsp3) is 0.208. The number of anilines is 1. The lowest BCUT2D eigenvalue weighted by atomic mass is 9.67. The van der Waals surface area contributed by atoms with Crippen molar-refractivity contribution in [1.82, 2.24) is 0 Å². The Hall–Kier alpha value is -4.11. The summed E-state index contributed by atoms with van der Waals surface area (Å²) in [5, 5.41) is 2.73. The summed E-state index contributed by atoms with van der Waals surface area (Å²) in [5.41, 5.74) is 5.24. The molecule has 170 valence electrons. The molecule has 2 aromatic rings. The number of ether oxygens (including phenoxy) is 4. The van der Waals surface area contributed by atoms with Crippen LogP contribution >= 0.6 is 0 Å². The number of carbonyl (C=O) groups is 3. The lowest BCUT2D eigenvalue weighted by molar-refractivity contribution is -0.143. The van der Waals surface area contributed by atoms with E-state index < -0.39 is 23.3 Å². The average molecular weight is 450 g/mol. The number of rotatable bonds is 6. The van der Waals surface area contributed by atoms with Gasteiger partial charge in [0.2, 0.25) is 11.8 Å². The van der Waals surface area contributed by atoms with Crippen molar-refractivity contribution in [1.29, 1.82) is 0 Å². The van der Waals surface area contributed by atoms with Gasteiger partial charge in [0.1, 0.15) is 35.5 Å². The Labute approximate surface area is 189 Å². The van der Waals surface area contributed by atoms with Crippen LogP contribution in [0.25, 0.3) is 0 Å². The molecule has 2 aromatic carbocycles. The van der Waals surface area contributed by atoms with Gasteiger partial charge in [-0.3, -0.25) is 4.79 Å². The van der Waals surface area contributed by atoms with Crippen molar-refractivity contribution in [2.24, 2.45) is 5.73 Å². The van der Waals surface area contributed by atoms with Crippen molar-refractivity contribution >= 4 is 23.5 Å². The van der Waals surface area contributed by atoms with E-state index in [-0.39, 0.29) is 36.0 Å². The zero-order chi connectivity index (χ0) is 23.6. The Morgan fingerprint density at radius 1 is 0.970 bits per heavy atom. The van der Waals surface area contributed by atoms with Gasteiger partial charge in [-0.05, 0) is 11.6 Å². The molecule has 1 atom stereocenters. The van der Waals surface area contributed by atoms with Gasteiger partial charge in [0.05, 0.1) is 7.11 Å². The molecular formula is C24H22N2O7. The number of fused-ring (bicyclic) bond motifs is 2. The number of amides is 1. The van der Waals surface area contributed by atoms with Crippen molar-refractivity contribution in [3.63, 3.8) is 0 Å². The third-order valence-corrected chi connectivity index (χ3v) is 5.51. The SMILES string of the molecule is COCC1=C(C(=O)OC)[C@]2(C(=O)Nc3ccccc32)C(C(=O)OCc2ccccc2)=C(N)O1. The Morgan fingerprint density at radius 3 is 2.36 bits per heavy atom. The zero-order valence-corrected chi connectivity index (χ0v) is 18.0. The number of nitrogens with two attached hydrogens (primary N) is 1. The largest absolute Gasteiger partial charge is 0.466 e. The zero-order valence-electron chi connectivity index (χ0n) is 18.0. The summed E-state index contributed by atoms with van der Waals surface area (Å²) in [6, 6.07) is 15.7. The van der Waals surface area contributed by atoms with Crippen LogP contribution in [0.15, 0.2) is 77.4 Å². The Morgan fingerprint density at radius 2 is 1.67 bits per heavy atom. The summed E-state index contributed by atoms with van der Waals surface area (Å²) in [7, 11) is 2.56. The highest BCUT2D eigenvalue weighted by atomic mass is 16.6. The number of hydrogen-bond acceptors (Lipinski definition) is 8. The number of esters is 2. The standard InChI is InChI=1S/C24H22N2O7/c1-30-13-17-18(21(27)31-2)24(15-10-6-7-11-16(15)26-23(24)29)19(20(25)33-17)22(28)32-12-14-8-4-3-5-9-14/h3-11H,12-13,25H2,1-2H3,(H,26,29)/t24-/m0/s1. The second-order valence-electron chi connectivity index (χ2n) is 7.38. The van der Waals surface area contributed by atoms with Crippen LogP contribution < -0.4 is 11.1 Å². The van der Waals surface area contributed by atoms with Gasteiger partial charge in [-0.25, -0.2) is 9.59 Å². The number of nitrogens with one attached hydrogen (secondary N) is 1. The van der Waals surface area contributed by atoms with E-state index in [1.807, 2.05) is 6.07 Å². The van der Waals surface area contributed by atoms with E-state index in [1.165, 1.54) is 14.2 Å². The third-order valence-electron chi connectivity index (χ3n) is 5.51. The van der Waals surface area contributed by atoms with Crippen LogP contribution in [0.5, 0.6) is 0 Å². The predicted molar refractivity (Wildman–Crippen MR) is 116 cm³/mol. The molecule has 9 nitrogen and oxygen atoms in total. The lowest BCUT2D eigenvalue weighted by Gasteiger charge is -2.35. The van der Waals surface area contributed by atoms with Crippen LogP contribution in [0.4, 0.5) is 5.69 Å². The van der Waals surface area contributed by atoms with E-state index in [4.69, 9.17) is 24.7 Å². The quantitative estimate of drug-likeness (QED) is 0.639. The molecule has 0 radical (unpaired) electrons. The minimum absolute atomic E-state index is 0.0340. The normalized spacial score (nSPS) is 19.2. The molecule has 0 fully saturated rings. The molecule has 1 amide bonds. The summed E-state index contributed by atoms with van der Waals surface area (Å²) in [6.45, 7) is -0.257.